The predicted octanol–water partition coefficient (Wildman–Crippen LogP) is 2.98. The molecule has 3 rings (SSSR count). The highest BCUT2D eigenvalue weighted by atomic mass is 14.6. The average molecular weight is 136 g/mol. The topological polar surface area (TPSA) is 0 Å². The molecule has 56 valence electrons. The van der Waals surface area contributed by atoms with Gasteiger partial charge in [0.1, 0.15) is 0 Å². The zero-order chi connectivity index (χ0) is 6.60. The van der Waals surface area contributed by atoms with Gasteiger partial charge in [0.15, 0.2) is 0 Å². The Morgan fingerprint density at radius 1 is 0.800 bits per heavy atom. The lowest BCUT2D eigenvalue weighted by molar-refractivity contribution is 0.0707. The SMILES string of the molecule is C1CC2(C1)C1CCC2CC1. The second kappa shape index (κ2) is 1.60. The maximum atomic E-state index is 1.60. The third-order valence-electron chi connectivity index (χ3n) is 4.64. The molecule has 2 bridgehead atoms. The van der Waals surface area contributed by atoms with E-state index in [4.69, 9.17) is 0 Å². The van der Waals surface area contributed by atoms with Crippen LogP contribution in [0.15, 0.2) is 0 Å². The summed E-state index contributed by atoms with van der Waals surface area (Å²) in [7, 11) is 0. The van der Waals surface area contributed by atoms with Crippen LogP contribution in [0.25, 0.3) is 0 Å². The van der Waals surface area contributed by atoms with E-state index in [1.165, 1.54) is 11.8 Å². The van der Waals surface area contributed by atoms with E-state index in [2.05, 4.69) is 0 Å². The molecule has 0 saturated heterocycles. The molecule has 3 aliphatic carbocycles. The molecule has 3 aliphatic rings. The molecule has 0 radical (unpaired) electrons. The van der Waals surface area contributed by atoms with Gasteiger partial charge in [-0.25, -0.2) is 0 Å². The summed E-state index contributed by atoms with van der Waals surface area (Å²) in [5, 5.41) is 0. The van der Waals surface area contributed by atoms with E-state index in [1.54, 1.807) is 44.9 Å². The van der Waals surface area contributed by atoms with E-state index in [1.807, 2.05) is 0 Å². The van der Waals surface area contributed by atoms with Crippen molar-refractivity contribution in [2.75, 3.05) is 0 Å². The van der Waals surface area contributed by atoms with E-state index < -0.39 is 0 Å². The summed E-state index contributed by atoms with van der Waals surface area (Å²) >= 11 is 0. The monoisotopic (exact) mass is 136 g/mol. The lowest BCUT2D eigenvalue weighted by Gasteiger charge is -2.43. The fourth-order valence-electron chi connectivity index (χ4n) is 3.98. The zero-order valence-corrected chi connectivity index (χ0v) is 6.60. The van der Waals surface area contributed by atoms with E-state index in [9.17, 15) is 0 Å². The number of hydrogen-bond acceptors (Lipinski definition) is 0. The van der Waals surface area contributed by atoms with Crippen LogP contribution in [-0.2, 0) is 0 Å². The molecular weight excluding hydrogens is 120 g/mol. The van der Waals surface area contributed by atoms with Gasteiger partial charge < -0.3 is 0 Å². The minimum Gasteiger partial charge on any atom is -0.0522 e. The maximum absolute atomic E-state index is 1.60. The Labute approximate surface area is 63.0 Å². The molecule has 0 heteroatoms. The first-order chi connectivity index (χ1) is 4.92. The predicted molar refractivity (Wildman–Crippen MR) is 41.7 cm³/mol. The van der Waals surface area contributed by atoms with Gasteiger partial charge in [-0.15, -0.1) is 0 Å². The van der Waals surface area contributed by atoms with Crippen molar-refractivity contribution in [3.8, 4) is 0 Å². The second-order valence-electron chi connectivity index (χ2n) is 4.64. The van der Waals surface area contributed by atoms with Crippen LogP contribution in [-0.4, -0.2) is 0 Å². The number of rotatable bonds is 0. The Morgan fingerprint density at radius 3 is 1.50 bits per heavy atom. The largest absolute Gasteiger partial charge is 0.0522 e. The van der Waals surface area contributed by atoms with Gasteiger partial charge in [0.2, 0.25) is 0 Å². The fraction of sp³-hybridized carbons (Fsp3) is 1.00. The van der Waals surface area contributed by atoms with Crippen molar-refractivity contribution in [1.29, 1.82) is 0 Å². The van der Waals surface area contributed by atoms with E-state index >= 15 is 0 Å². The average Bonchev–Trinajstić information content (AvgIpc) is 2.37. The first-order valence-corrected chi connectivity index (χ1v) is 4.92. The van der Waals surface area contributed by atoms with Crippen molar-refractivity contribution >= 4 is 0 Å². The van der Waals surface area contributed by atoms with Crippen LogP contribution in [0.4, 0.5) is 0 Å². The van der Waals surface area contributed by atoms with Crippen molar-refractivity contribution in [2.24, 2.45) is 17.3 Å². The van der Waals surface area contributed by atoms with Crippen LogP contribution in [0, 0.1) is 17.3 Å². The molecule has 0 aliphatic heterocycles. The summed E-state index contributed by atoms with van der Waals surface area (Å²) in [6, 6.07) is 0. The van der Waals surface area contributed by atoms with Crippen molar-refractivity contribution in [1.82, 2.24) is 0 Å². The maximum Gasteiger partial charge on any atom is -0.0241 e. The van der Waals surface area contributed by atoms with Crippen LogP contribution in [0.3, 0.4) is 0 Å². The van der Waals surface area contributed by atoms with Crippen LogP contribution in [0.1, 0.15) is 44.9 Å². The highest BCUT2D eigenvalue weighted by Gasteiger charge is 2.56. The minimum absolute atomic E-state index is 0.944. The van der Waals surface area contributed by atoms with Gasteiger partial charge in [-0.1, -0.05) is 6.42 Å². The van der Waals surface area contributed by atoms with Gasteiger partial charge in [-0.3, -0.25) is 0 Å². The summed E-state index contributed by atoms with van der Waals surface area (Å²) in [5.41, 5.74) is 0.944. The molecule has 0 heterocycles. The molecule has 0 aromatic carbocycles. The van der Waals surface area contributed by atoms with Gasteiger partial charge in [0, 0.05) is 0 Å². The lowest BCUT2D eigenvalue weighted by Crippen LogP contribution is -2.33. The molecule has 0 N–H and O–H groups in total. The minimum atomic E-state index is 0.944. The Hall–Kier alpha value is 0. The lowest BCUT2D eigenvalue weighted by atomic mass is 9.62. The molecule has 10 heavy (non-hydrogen) atoms. The van der Waals surface area contributed by atoms with E-state index in [0.717, 1.165) is 5.41 Å². The van der Waals surface area contributed by atoms with Gasteiger partial charge in [-0.05, 0) is 55.8 Å². The highest BCUT2D eigenvalue weighted by Crippen LogP contribution is 2.66. The molecule has 0 amide bonds. The Balaban J connectivity index is 1.96. The van der Waals surface area contributed by atoms with Crippen LogP contribution in [0.2, 0.25) is 0 Å². The van der Waals surface area contributed by atoms with Gasteiger partial charge in [0.25, 0.3) is 0 Å². The summed E-state index contributed by atoms with van der Waals surface area (Å²) < 4.78 is 0. The fourth-order valence-corrected chi connectivity index (χ4v) is 3.98. The molecule has 0 atom stereocenters. The van der Waals surface area contributed by atoms with E-state index in [0.29, 0.717) is 0 Å². The molecule has 1 spiro atoms. The molecule has 0 aromatic heterocycles. The third kappa shape index (κ3) is 0.436. The van der Waals surface area contributed by atoms with Crippen molar-refractivity contribution in [3.63, 3.8) is 0 Å². The van der Waals surface area contributed by atoms with Gasteiger partial charge in [-0.2, -0.15) is 0 Å². The van der Waals surface area contributed by atoms with Crippen LogP contribution < -0.4 is 0 Å². The first-order valence-electron chi connectivity index (χ1n) is 4.92. The highest BCUT2D eigenvalue weighted by molar-refractivity contribution is 5.06. The smallest absolute Gasteiger partial charge is 0.0241 e. The van der Waals surface area contributed by atoms with Crippen LogP contribution >= 0.6 is 0 Å². The quantitative estimate of drug-likeness (QED) is 0.480. The van der Waals surface area contributed by atoms with Crippen molar-refractivity contribution in [2.45, 2.75) is 44.9 Å². The molecule has 0 nitrogen and oxygen atoms in total. The van der Waals surface area contributed by atoms with Gasteiger partial charge in [0.05, 0.1) is 0 Å². The third-order valence-corrected chi connectivity index (χ3v) is 4.64. The summed E-state index contributed by atoms with van der Waals surface area (Å²) in [4.78, 5) is 0. The van der Waals surface area contributed by atoms with Gasteiger partial charge >= 0.3 is 0 Å². The molecule has 0 aromatic rings. The first kappa shape index (κ1) is 5.62. The molecule has 3 fully saturated rings. The Bertz CT molecular complexity index is 133. The van der Waals surface area contributed by atoms with Crippen molar-refractivity contribution in [3.05, 3.63) is 0 Å². The van der Waals surface area contributed by atoms with Crippen LogP contribution in [0.5, 0.6) is 0 Å². The Kier molecular flexibility index (Phi) is 0.898. The summed E-state index contributed by atoms with van der Waals surface area (Å²) in [6.45, 7) is 0. The summed E-state index contributed by atoms with van der Waals surface area (Å²) in [5.74, 6) is 2.37. The Morgan fingerprint density at radius 2 is 1.30 bits per heavy atom. The van der Waals surface area contributed by atoms with Crippen molar-refractivity contribution < 1.29 is 0 Å². The van der Waals surface area contributed by atoms with E-state index in [-0.39, 0.29) is 0 Å². The normalized spacial score (nSPS) is 48.0. The number of hydrogen-bond donors (Lipinski definition) is 0. The second-order valence-corrected chi connectivity index (χ2v) is 4.64. The summed E-state index contributed by atoms with van der Waals surface area (Å²) in [6.07, 6.45) is 11.1. The standard InChI is InChI=1S/C10H16/c1-6-10(7-1)8-2-3-9(10)5-4-8/h8-9H,1-7H2. The molecule has 0 unspecified atom stereocenters. The molecule has 3 saturated carbocycles. The zero-order valence-electron chi connectivity index (χ0n) is 6.60. The molecular formula is C10H16.